The lowest BCUT2D eigenvalue weighted by Gasteiger charge is -2.30. The molecule has 34 heavy (non-hydrogen) atoms. The van der Waals surface area contributed by atoms with Gasteiger partial charge in [0.05, 0.1) is 7.11 Å². The largest absolute Gasteiger partial charge is 0.497 e. The number of ether oxygens (including phenoxy) is 2. The zero-order valence-corrected chi connectivity index (χ0v) is 21.0. The number of carbonyl (C=O) groups is 1. The highest BCUT2D eigenvalue weighted by Crippen LogP contribution is 2.35. The summed E-state index contributed by atoms with van der Waals surface area (Å²) >= 11 is 0. The van der Waals surface area contributed by atoms with Crippen molar-refractivity contribution in [3.8, 4) is 5.75 Å². The van der Waals surface area contributed by atoms with Crippen molar-refractivity contribution in [3.05, 3.63) is 53.9 Å². The summed E-state index contributed by atoms with van der Waals surface area (Å²) in [7, 11) is 5.43. The van der Waals surface area contributed by atoms with E-state index in [2.05, 4.69) is 57.9 Å². The van der Waals surface area contributed by atoms with Crippen LogP contribution in [0.1, 0.15) is 30.0 Å². The molecule has 0 saturated carbocycles. The Hall–Kier alpha value is -2.35. The van der Waals surface area contributed by atoms with E-state index in [1.165, 1.54) is 24.1 Å². The zero-order valence-electron chi connectivity index (χ0n) is 21.0. The first kappa shape index (κ1) is 24.8. The van der Waals surface area contributed by atoms with Gasteiger partial charge in [0.15, 0.2) is 0 Å². The highest BCUT2D eigenvalue weighted by Gasteiger charge is 2.36. The van der Waals surface area contributed by atoms with Gasteiger partial charge >= 0.3 is 0 Å². The fourth-order valence-electron chi connectivity index (χ4n) is 5.50. The normalized spacial score (nSPS) is 21.3. The maximum absolute atomic E-state index is 13.0. The van der Waals surface area contributed by atoms with Crippen molar-refractivity contribution in [3.63, 3.8) is 0 Å². The van der Waals surface area contributed by atoms with Crippen LogP contribution in [0, 0.1) is 5.92 Å². The second-order valence-corrected chi connectivity index (χ2v) is 9.77. The highest BCUT2D eigenvalue weighted by atomic mass is 16.5. The van der Waals surface area contributed by atoms with Crippen LogP contribution in [0.25, 0.3) is 0 Å². The van der Waals surface area contributed by atoms with E-state index in [9.17, 15) is 4.79 Å². The van der Waals surface area contributed by atoms with Crippen LogP contribution in [0.15, 0.2) is 42.6 Å². The fourth-order valence-corrected chi connectivity index (χ4v) is 5.50. The van der Waals surface area contributed by atoms with E-state index < -0.39 is 0 Å². The summed E-state index contributed by atoms with van der Waals surface area (Å²) in [5.41, 5.74) is 2.60. The number of aryl methyl sites for hydroxylation is 1. The summed E-state index contributed by atoms with van der Waals surface area (Å²) in [6.07, 6.45) is 4.63. The molecule has 2 fully saturated rings. The van der Waals surface area contributed by atoms with E-state index in [4.69, 9.17) is 9.47 Å². The minimum Gasteiger partial charge on any atom is -0.497 e. The Bertz CT molecular complexity index is 924. The van der Waals surface area contributed by atoms with E-state index in [1.807, 2.05) is 11.0 Å². The first-order valence-electron chi connectivity index (χ1n) is 12.5. The van der Waals surface area contributed by atoms with Crippen LogP contribution < -0.4 is 4.74 Å². The lowest BCUT2D eigenvalue weighted by atomic mass is 9.88. The van der Waals surface area contributed by atoms with Crippen LogP contribution in [0.3, 0.4) is 0 Å². The maximum atomic E-state index is 13.0. The van der Waals surface area contributed by atoms with Gasteiger partial charge < -0.3 is 23.8 Å². The Morgan fingerprint density at radius 1 is 1.09 bits per heavy atom. The van der Waals surface area contributed by atoms with Gasteiger partial charge in [0.2, 0.25) is 5.91 Å². The van der Waals surface area contributed by atoms with Crippen molar-refractivity contribution in [2.45, 2.75) is 25.3 Å². The van der Waals surface area contributed by atoms with Gasteiger partial charge in [-0.3, -0.25) is 9.69 Å². The summed E-state index contributed by atoms with van der Waals surface area (Å²) in [6.45, 7) is 7.75. The number of rotatable bonds is 11. The van der Waals surface area contributed by atoms with Crippen molar-refractivity contribution in [1.29, 1.82) is 0 Å². The second kappa shape index (κ2) is 11.9. The Labute approximate surface area is 204 Å². The Kier molecular flexibility index (Phi) is 8.64. The standard InChI is InChI=1S/C27H40N4O3/c1-28-11-7-9-24(28)19-30-17-23(26(20-30)22-8-6-10-25(16-22)34-3)18-31(27(32)21-33-2)15-14-29-12-4-5-13-29/h6-11,16,23,26H,4-5,12-15,17-21H2,1-3H3. The van der Waals surface area contributed by atoms with Crippen LogP contribution in [0.5, 0.6) is 5.75 Å². The van der Waals surface area contributed by atoms with E-state index in [-0.39, 0.29) is 12.5 Å². The highest BCUT2D eigenvalue weighted by molar-refractivity contribution is 5.77. The maximum Gasteiger partial charge on any atom is 0.248 e. The molecule has 186 valence electrons. The van der Waals surface area contributed by atoms with Gasteiger partial charge in [-0.15, -0.1) is 0 Å². The molecule has 7 nitrogen and oxygen atoms in total. The molecule has 0 aliphatic carbocycles. The third-order valence-corrected chi connectivity index (χ3v) is 7.44. The molecule has 1 aromatic carbocycles. The van der Waals surface area contributed by atoms with E-state index >= 15 is 0 Å². The molecule has 2 unspecified atom stereocenters. The predicted molar refractivity (Wildman–Crippen MR) is 134 cm³/mol. The molecule has 2 aliphatic heterocycles. The molecular weight excluding hydrogens is 428 g/mol. The number of benzene rings is 1. The average molecular weight is 469 g/mol. The number of hydrogen-bond donors (Lipinski definition) is 0. The van der Waals surface area contributed by atoms with Crippen molar-refractivity contribution >= 4 is 5.91 Å². The lowest BCUT2D eigenvalue weighted by molar-refractivity contribution is -0.136. The number of likely N-dealkylation sites (tertiary alicyclic amines) is 2. The summed E-state index contributed by atoms with van der Waals surface area (Å²) in [6, 6.07) is 12.7. The van der Waals surface area contributed by atoms with Crippen molar-refractivity contribution in [1.82, 2.24) is 19.3 Å². The lowest BCUT2D eigenvalue weighted by Crippen LogP contribution is -2.43. The third-order valence-electron chi connectivity index (χ3n) is 7.44. The van der Waals surface area contributed by atoms with Gasteiger partial charge in [-0.05, 0) is 61.7 Å². The topological polar surface area (TPSA) is 50.2 Å². The van der Waals surface area contributed by atoms with Crippen LogP contribution in [0.4, 0.5) is 0 Å². The molecule has 0 spiro atoms. The van der Waals surface area contributed by atoms with E-state index in [0.29, 0.717) is 11.8 Å². The molecule has 2 aliphatic rings. The molecule has 2 saturated heterocycles. The Morgan fingerprint density at radius 3 is 2.62 bits per heavy atom. The van der Waals surface area contributed by atoms with E-state index in [0.717, 1.165) is 58.1 Å². The molecule has 1 amide bonds. The first-order chi connectivity index (χ1) is 16.6. The molecule has 0 bridgehead atoms. The minimum absolute atomic E-state index is 0.0898. The van der Waals surface area contributed by atoms with Crippen LogP contribution in [-0.2, 0) is 23.1 Å². The molecule has 1 aromatic heterocycles. The number of nitrogens with zero attached hydrogens (tertiary/aromatic N) is 4. The van der Waals surface area contributed by atoms with Crippen molar-refractivity contribution in [2.75, 3.05) is 66.6 Å². The second-order valence-electron chi connectivity index (χ2n) is 9.77. The van der Waals surface area contributed by atoms with Gasteiger partial charge in [0.25, 0.3) is 0 Å². The summed E-state index contributed by atoms with van der Waals surface area (Å²) in [5, 5.41) is 0. The summed E-state index contributed by atoms with van der Waals surface area (Å²) in [4.78, 5) is 20.1. The number of aromatic nitrogens is 1. The molecule has 0 N–H and O–H groups in total. The third kappa shape index (κ3) is 6.20. The molecule has 7 heteroatoms. The molecule has 0 radical (unpaired) electrons. The molecule has 3 heterocycles. The first-order valence-corrected chi connectivity index (χ1v) is 12.5. The monoisotopic (exact) mass is 468 g/mol. The Morgan fingerprint density at radius 2 is 1.91 bits per heavy atom. The zero-order chi connectivity index (χ0) is 23.9. The molecule has 2 atom stereocenters. The van der Waals surface area contributed by atoms with Crippen molar-refractivity contribution < 1.29 is 14.3 Å². The number of carbonyl (C=O) groups excluding carboxylic acids is 1. The van der Waals surface area contributed by atoms with Gasteiger partial charge in [-0.25, -0.2) is 0 Å². The SMILES string of the molecule is COCC(=O)N(CCN1CCCC1)CC1CN(Cc2cccn2C)CC1c1cccc(OC)c1. The number of hydrogen-bond acceptors (Lipinski definition) is 5. The number of amides is 1. The molecule has 2 aromatic rings. The fraction of sp³-hybridized carbons (Fsp3) is 0.593. The van der Waals surface area contributed by atoms with Gasteiger partial charge in [-0.2, -0.15) is 0 Å². The van der Waals surface area contributed by atoms with Gasteiger partial charge in [0.1, 0.15) is 12.4 Å². The quantitative estimate of drug-likeness (QED) is 0.508. The molecule has 4 rings (SSSR count). The smallest absolute Gasteiger partial charge is 0.248 e. The van der Waals surface area contributed by atoms with Crippen LogP contribution in [0.2, 0.25) is 0 Å². The van der Waals surface area contributed by atoms with Crippen LogP contribution in [-0.4, -0.2) is 91.8 Å². The minimum atomic E-state index is 0.0898. The predicted octanol–water partition coefficient (Wildman–Crippen LogP) is 2.82. The average Bonchev–Trinajstić information content (AvgIpc) is 3.59. The number of methoxy groups -OCH3 is 2. The molecular formula is C27H40N4O3. The van der Waals surface area contributed by atoms with Crippen molar-refractivity contribution in [2.24, 2.45) is 13.0 Å². The van der Waals surface area contributed by atoms with Crippen LogP contribution >= 0.6 is 0 Å². The van der Waals surface area contributed by atoms with Gasteiger partial charge in [-0.1, -0.05) is 12.1 Å². The van der Waals surface area contributed by atoms with Gasteiger partial charge in [0, 0.05) is 71.2 Å². The Balaban J connectivity index is 1.51. The summed E-state index contributed by atoms with van der Waals surface area (Å²) in [5.74, 6) is 1.68. The summed E-state index contributed by atoms with van der Waals surface area (Å²) < 4.78 is 12.9. The van der Waals surface area contributed by atoms with E-state index in [1.54, 1.807) is 14.2 Å².